The van der Waals surface area contributed by atoms with E-state index in [1.807, 2.05) is 25.3 Å². The Labute approximate surface area is 217 Å². The number of hydrogen-bond acceptors (Lipinski definition) is 8. The summed E-state index contributed by atoms with van der Waals surface area (Å²) in [4.78, 5) is 15.4. The van der Waals surface area contributed by atoms with Gasteiger partial charge in [-0.2, -0.15) is 5.06 Å². The van der Waals surface area contributed by atoms with Crippen LogP contribution < -0.4 is 9.47 Å². The van der Waals surface area contributed by atoms with Gasteiger partial charge in [0.2, 0.25) is 9.58 Å². The molecule has 2 bridgehead atoms. The quantitative estimate of drug-likeness (QED) is 0.267. The Balaban J connectivity index is 1.58. The van der Waals surface area contributed by atoms with E-state index in [1.54, 1.807) is 13.2 Å². The van der Waals surface area contributed by atoms with Crippen molar-refractivity contribution < 1.29 is 33.7 Å². The Kier molecular flexibility index (Phi) is 5.31. The van der Waals surface area contributed by atoms with E-state index in [4.69, 9.17) is 58.5 Å². The zero-order valence-electron chi connectivity index (χ0n) is 19.1. The highest BCUT2D eigenvalue weighted by Gasteiger charge is 2.78. The first-order valence-corrected chi connectivity index (χ1v) is 12.5. The predicted octanol–water partition coefficient (Wildman–Crippen LogP) is 3.20. The third-order valence-corrected chi connectivity index (χ3v) is 8.47. The van der Waals surface area contributed by atoms with Crippen molar-refractivity contribution in [2.75, 3.05) is 40.5 Å². The van der Waals surface area contributed by atoms with E-state index in [0.717, 1.165) is 11.1 Å². The fourth-order valence-electron chi connectivity index (χ4n) is 6.88. The van der Waals surface area contributed by atoms with Crippen molar-refractivity contribution in [2.24, 2.45) is 0 Å². The topological polar surface area (TPSA) is 89.9 Å². The molecule has 0 radical (unpaired) electrons. The summed E-state index contributed by atoms with van der Waals surface area (Å²) in [5.74, 6) is -0.0342. The summed E-state index contributed by atoms with van der Waals surface area (Å²) in [5, 5.41) is 12.3. The van der Waals surface area contributed by atoms with Crippen molar-refractivity contribution >= 4 is 40.9 Å². The minimum Gasteiger partial charge on any atom is -0.493 e. The van der Waals surface area contributed by atoms with Gasteiger partial charge in [-0.25, -0.2) is 4.79 Å². The molecule has 0 aromatic heterocycles. The second-order valence-electron chi connectivity index (χ2n) is 9.61. The summed E-state index contributed by atoms with van der Waals surface area (Å²) in [5.41, 5.74) is -0.251. The van der Waals surface area contributed by atoms with Gasteiger partial charge in [-0.3, -0.25) is 5.21 Å². The van der Waals surface area contributed by atoms with E-state index in [2.05, 4.69) is 4.90 Å². The van der Waals surface area contributed by atoms with E-state index in [0.29, 0.717) is 49.2 Å². The Bertz CT molecular complexity index is 1110. The molecule has 35 heavy (non-hydrogen) atoms. The third-order valence-electron chi connectivity index (χ3n) is 8.14. The number of carbonyl (C=O) groups is 1. The smallest absolute Gasteiger partial charge is 0.434 e. The number of amides is 1. The zero-order chi connectivity index (χ0) is 24.8. The van der Waals surface area contributed by atoms with Gasteiger partial charge in [-0.1, -0.05) is 46.9 Å². The molecular formula is C23H25Cl3N2O7. The van der Waals surface area contributed by atoms with Gasteiger partial charge in [0.05, 0.1) is 25.7 Å². The molecule has 190 valence electrons. The van der Waals surface area contributed by atoms with Crippen LogP contribution in [0.25, 0.3) is 0 Å². The molecule has 4 unspecified atom stereocenters. The lowest BCUT2D eigenvalue weighted by Crippen LogP contribution is -2.82. The average Bonchev–Trinajstić information content (AvgIpc) is 3.43. The van der Waals surface area contributed by atoms with E-state index >= 15 is 0 Å². The van der Waals surface area contributed by atoms with Gasteiger partial charge >= 0.3 is 6.09 Å². The lowest BCUT2D eigenvalue weighted by molar-refractivity contribution is -0.257. The number of likely N-dealkylation sites (N-methyl/N-ethyl adjacent to an activating group) is 1. The fourth-order valence-corrected chi connectivity index (χ4v) is 7.05. The number of piperidine rings is 1. The van der Waals surface area contributed by atoms with Crippen molar-refractivity contribution in [3.63, 3.8) is 0 Å². The molecule has 1 aromatic carbocycles. The molecule has 3 aliphatic heterocycles. The van der Waals surface area contributed by atoms with Crippen LogP contribution >= 0.6 is 34.8 Å². The Morgan fingerprint density at radius 1 is 1.29 bits per heavy atom. The molecule has 1 aromatic rings. The van der Waals surface area contributed by atoms with Crippen LogP contribution in [0.2, 0.25) is 0 Å². The number of hydrogen-bond donors (Lipinski definition) is 1. The van der Waals surface area contributed by atoms with Crippen LogP contribution in [-0.4, -0.2) is 89.1 Å². The lowest BCUT2D eigenvalue weighted by Gasteiger charge is -2.65. The van der Waals surface area contributed by atoms with Gasteiger partial charge in [0, 0.05) is 11.6 Å². The largest absolute Gasteiger partial charge is 0.493 e. The first-order valence-electron chi connectivity index (χ1n) is 11.4. The van der Waals surface area contributed by atoms with Crippen LogP contribution in [0.5, 0.6) is 11.5 Å². The highest BCUT2D eigenvalue weighted by atomic mass is 35.6. The molecule has 2 saturated heterocycles. The minimum absolute atomic E-state index is 0.311. The van der Waals surface area contributed by atoms with Gasteiger partial charge in [0.1, 0.15) is 12.1 Å². The maximum absolute atomic E-state index is 13.2. The summed E-state index contributed by atoms with van der Waals surface area (Å²) in [6, 6.07) is 3.59. The number of hydroxylamine groups is 2. The summed E-state index contributed by atoms with van der Waals surface area (Å²) < 4.78 is 28.0. The Morgan fingerprint density at radius 2 is 2.03 bits per heavy atom. The molecule has 2 fully saturated rings. The number of likely N-dealkylation sites (tertiary alicyclic amines) is 1. The maximum atomic E-state index is 13.2. The number of benzene rings is 1. The van der Waals surface area contributed by atoms with E-state index in [-0.39, 0.29) is 6.04 Å². The number of carbonyl (C=O) groups excluding carboxylic acids is 1. The molecule has 0 saturated carbocycles. The second kappa shape index (κ2) is 7.77. The molecule has 1 N–H and O–H groups in total. The van der Waals surface area contributed by atoms with Crippen LogP contribution in [0.1, 0.15) is 17.5 Å². The zero-order valence-corrected chi connectivity index (χ0v) is 21.4. The number of fused-ring (bicyclic) bond motifs is 1. The molecule has 6 rings (SSSR count). The van der Waals surface area contributed by atoms with Crippen molar-refractivity contribution in [1.29, 1.82) is 0 Å². The third kappa shape index (κ3) is 3.00. The van der Waals surface area contributed by atoms with E-state index < -0.39 is 39.3 Å². The molecular weight excluding hydrogens is 523 g/mol. The normalized spacial score (nSPS) is 33.9. The fraction of sp³-hybridized carbons (Fsp3) is 0.609. The minimum atomic E-state index is -1.82. The van der Waals surface area contributed by atoms with Crippen LogP contribution in [0.15, 0.2) is 24.3 Å². The van der Waals surface area contributed by atoms with Crippen LogP contribution in [0.3, 0.4) is 0 Å². The van der Waals surface area contributed by atoms with Crippen molar-refractivity contribution in [2.45, 2.75) is 45.5 Å². The van der Waals surface area contributed by atoms with E-state index in [1.165, 1.54) is 0 Å². The standard InChI is InChI=1S/C23H25Cl3N2O7/c1-27-8-7-20-16-13-3-4-14(31-2)17(16)35-18(20)22(33-9-10-34-22)6-5-21(20,15(27)11-13)28(30)19(29)32-12-23(24,25)26/h3-6,15,18,30H,7-12H2,1-2H3. The van der Waals surface area contributed by atoms with Crippen LogP contribution in [0.4, 0.5) is 4.79 Å². The van der Waals surface area contributed by atoms with E-state index in [9.17, 15) is 10.0 Å². The van der Waals surface area contributed by atoms with Gasteiger partial charge in [-0.05, 0) is 44.1 Å². The Hall–Kier alpha value is -1.46. The van der Waals surface area contributed by atoms with Gasteiger partial charge in [-0.15, -0.1) is 0 Å². The molecule has 3 heterocycles. The van der Waals surface area contributed by atoms with Crippen molar-refractivity contribution in [3.05, 3.63) is 35.4 Å². The SMILES string of the molecule is COc1ccc2c3c1OC1C4(C=CC5(N(O)C(=O)OCC(Cl)(Cl)Cl)C(C2)N(C)CCC315)OCCO4. The lowest BCUT2D eigenvalue weighted by atomic mass is 9.48. The monoisotopic (exact) mass is 546 g/mol. The van der Waals surface area contributed by atoms with Gasteiger partial charge in [0.25, 0.3) is 0 Å². The number of nitrogens with zero attached hydrogens (tertiary/aromatic N) is 2. The summed E-state index contributed by atoms with van der Waals surface area (Å²) in [6.07, 6.45) is 2.94. The molecule has 9 nitrogen and oxygen atoms in total. The molecule has 1 amide bonds. The molecule has 5 aliphatic rings. The molecule has 4 atom stereocenters. The predicted molar refractivity (Wildman–Crippen MR) is 126 cm³/mol. The average molecular weight is 548 g/mol. The highest BCUT2D eigenvalue weighted by Crippen LogP contribution is 2.67. The first-order chi connectivity index (χ1) is 16.6. The summed E-state index contributed by atoms with van der Waals surface area (Å²) >= 11 is 17.4. The maximum Gasteiger partial charge on any atom is 0.434 e. The van der Waals surface area contributed by atoms with Crippen molar-refractivity contribution in [1.82, 2.24) is 9.96 Å². The van der Waals surface area contributed by atoms with Crippen LogP contribution in [0, 0.1) is 0 Å². The number of methoxy groups -OCH3 is 1. The first kappa shape index (κ1) is 23.9. The molecule has 2 spiro atoms. The summed E-state index contributed by atoms with van der Waals surface area (Å²) in [7, 11) is 3.55. The number of rotatable bonds is 3. The summed E-state index contributed by atoms with van der Waals surface area (Å²) in [6.45, 7) is 0.964. The van der Waals surface area contributed by atoms with Gasteiger partial charge < -0.3 is 28.6 Å². The molecule has 12 heteroatoms. The Morgan fingerprint density at radius 3 is 2.71 bits per heavy atom. The highest BCUT2D eigenvalue weighted by molar-refractivity contribution is 6.67. The number of alkyl halides is 3. The molecule has 2 aliphatic carbocycles. The number of ether oxygens (including phenoxy) is 5. The second-order valence-corrected chi connectivity index (χ2v) is 12.1. The van der Waals surface area contributed by atoms with Crippen LogP contribution in [-0.2, 0) is 26.0 Å². The van der Waals surface area contributed by atoms with Crippen molar-refractivity contribution in [3.8, 4) is 11.5 Å². The van der Waals surface area contributed by atoms with Gasteiger partial charge in [0.15, 0.2) is 17.6 Å². The number of halogens is 3.